The molecule has 1 aliphatic carbocycles. The average Bonchev–Trinajstić information content (AvgIpc) is 3.22. The van der Waals surface area contributed by atoms with Crippen molar-refractivity contribution in [2.75, 3.05) is 5.32 Å². The number of benzene rings is 1. The number of anilines is 1. The molecule has 1 fully saturated rings. The molecule has 1 aromatic carbocycles. The normalized spacial score (nSPS) is 20.1. The number of nitrogens with one attached hydrogen (secondary N) is 2. The molecule has 0 spiro atoms. The fourth-order valence-corrected chi connectivity index (χ4v) is 2.17. The smallest absolute Gasteiger partial charge is 0.271 e. The van der Waals surface area contributed by atoms with E-state index in [-0.39, 0.29) is 23.7 Å². The molecular formula is C13H10F2N4O2. The number of amides is 1. The van der Waals surface area contributed by atoms with Crippen molar-refractivity contribution in [3.05, 3.63) is 51.9 Å². The molecule has 1 aliphatic rings. The molecule has 2 atom stereocenters. The molecule has 1 saturated carbocycles. The Hall–Kier alpha value is -2.64. The highest BCUT2D eigenvalue weighted by molar-refractivity contribution is 5.93. The van der Waals surface area contributed by atoms with Crippen molar-refractivity contribution in [3.63, 3.8) is 0 Å². The third-order valence-corrected chi connectivity index (χ3v) is 3.31. The zero-order valence-electron chi connectivity index (χ0n) is 10.6. The quantitative estimate of drug-likeness (QED) is 0.889. The Bertz CT molecular complexity index is 762. The molecule has 1 amide bonds. The van der Waals surface area contributed by atoms with Crippen molar-refractivity contribution in [2.24, 2.45) is 5.92 Å². The lowest BCUT2D eigenvalue weighted by Gasteiger charge is -2.03. The number of rotatable bonds is 3. The Balaban J connectivity index is 1.68. The minimum atomic E-state index is -0.934. The van der Waals surface area contributed by atoms with Crippen LogP contribution in [0.4, 0.5) is 14.7 Å². The standard InChI is InChI=1S/C13H10F2N4O2/c14-9-2-1-6(3-10(9)15)7-4-8(7)12(21)18-13-17-11(20)5-16-19-13/h1-3,5,7-8H,4H2,(H2,17,18,19,20,21)/t7-,8+/m1/s1. The number of nitrogens with zero attached hydrogens (tertiary/aromatic N) is 2. The van der Waals surface area contributed by atoms with Gasteiger partial charge < -0.3 is 0 Å². The van der Waals surface area contributed by atoms with Gasteiger partial charge in [-0.1, -0.05) is 6.07 Å². The number of carbonyl (C=O) groups is 1. The number of carbonyl (C=O) groups excluding carboxylic acids is 1. The van der Waals surface area contributed by atoms with E-state index in [1.54, 1.807) is 0 Å². The molecule has 0 radical (unpaired) electrons. The molecule has 0 aliphatic heterocycles. The van der Waals surface area contributed by atoms with E-state index in [0.29, 0.717) is 12.0 Å². The van der Waals surface area contributed by atoms with E-state index in [9.17, 15) is 18.4 Å². The van der Waals surface area contributed by atoms with Crippen LogP contribution < -0.4 is 10.9 Å². The number of aromatic amines is 1. The molecule has 2 aromatic rings. The molecular weight excluding hydrogens is 282 g/mol. The highest BCUT2D eigenvalue weighted by atomic mass is 19.2. The molecule has 0 bridgehead atoms. The maximum Gasteiger partial charge on any atom is 0.271 e. The van der Waals surface area contributed by atoms with E-state index in [4.69, 9.17) is 0 Å². The van der Waals surface area contributed by atoms with Gasteiger partial charge in [0.1, 0.15) is 6.20 Å². The van der Waals surface area contributed by atoms with Crippen LogP contribution in [0.5, 0.6) is 0 Å². The van der Waals surface area contributed by atoms with Crippen LogP contribution in [0.15, 0.2) is 29.2 Å². The summed E-state index contributed by atoms with van der Waals surface area (Å²) < 4.78 is 26.0. The molecule has 6 nitrogen and oxygen atoms in total. The van der Waals surface area contributed by atoms with Crippen LogP contribution in [0.2, 0.25) is 0 Å². The summed E-state index contributed by atoms with van der Waals surface area (Å²) >= 11 is 0. The van der Waals surface area contributed by atoms with Gasteiger partial charge in [0.15, 0.2) is 11.6 Å². The molecule has 108 valence electrons. The van der Waals surface area contributed by atoms with Crippen molar-refractivity contribution < 1.29 is 13.6 Å². The van der Waals surface area contributed by atoms with Gasteiger partial charge in [-0.15, -0.1) is 10.2 Å². The third kappa shape index (κ3) is 2.78. The molecule has 3 rings (SSSR count). The van der Waals surface area contributed by atoms with Crippen molar-refractivity contribution in [1.29, 1.82) is 0 Å². The van der Waals surface area contributed by atoms with Crippen molar-refractivity contribution in [2.45, 2.75) is 12.3 Å². The molecule has 8 heteroatoms. The fraction of sp³-hybridized carbons (Fsp3) is 0.231. The maximum atomic E-state index is 13.2. The first-order chi connectivity index (χ1) is 10.0. The zero-order chi connectivity index (χ0) is 15.0. The highest BCUT2D eigenvalue weighted by Crippen LogP contribution is 2.48. The summed E-state index contributed by atoms with van der Waals surface area (Å²) in [7, 11) is 0. The Morgan fingerprint density at radius 1 is 1.33 bits per heavy atom. The predicted octanol–water partition coefficient (Wildman–Crippen LogP) is 1.19. The number of halogens is 2. The second kappa shape index (κ2) is 5.04. The lowest BCUT2D eigenvalue weighted by Crippen LogP contribution is -2.20. The summed E-state index contributed by atoms with van der Waals surface area (Å²) in [5.74, 6) is -2.76. The summed E-state index contributed by atoms with van der Waals surface area (Å²) in [4.78, 5) is 25.3. The van der Waals surface area contributed by atoms with Crippen molar-refractivity contribution in [1.82, 2.24) is 15.2 Å². The molecule has 1 heterocycles. The first kappa shape index (κ1) is 13.3. The van der Waals surface area contributed by atoms with Crippen LogP contribution in [0, 0.1) is 17.6 Å². The SMILES string of the molecule is O=C(Nc1nncc(=O)[nH]1)[C@H]1C[C@@H]1c1ccc(F)c(F)c1. The Labute approximate surface area is 117 Å². The summed E-state index contributed by atoms with van der Waals surface area (Å²) in [6.07, 6.45) is 1.51. The van der Waals surface area contributed by atoms with Gasteiger partial charge in [-0.25, -0.2) is 8.78 Å². The maximum absolute atomic E-state index is 13.2. The summed E-state index contributed by atoms with van der Waals surface area (Å²) in [6, 6.07) is 3.59. The predicted molar refractivity (Wildman–Crippen MR) is 68.5 cm³/mol. The first-order valence-electron chi connectivity index (χ1n) is 6.22. The van der Waals surface area contributed by atoms with Gasteiger partial charge in [-0.3, -0.25) is 19.9 Å². The Kier molecular flexibility index (Phi) is 3.20. The van der Waals surface area contributed by atoms with Gasteiger partial charge in [0.2, 0.25) is 11.9 Å². The van der Waals surface area contributed by atoms with E-state index < -0.39 is 17.2 Å². The molecule has 1 aromatic heterocycles. The van der Waals surface area contributed by atoms with Gasteiger partial charge in [0.05, 0.1) is 0 Å². The van der Waals surface area contributed by atoms with Crippen molar-refractivity contribution >= 4 is 11.9 Å². The number of aromatic nitrogens is 3. The topological polar surface area (TPSA) is 87.7 Å². The lowest BCUT2D eigenvalue weighted by molar-refractivity contribution is -0.117. The van der Waals surface area contributed by atoms with Gasteiger partial charge in [0.25, 0.3) is 5.56 Å². The summed E-state index contributed by atoms with van der Waals surface area (Å²) in [5.41, 5.74) is 0.0925. The van der Waals surface area contributed by atoms with Gasteiger partial charge in [0, 0.05) is 5.92 Å². The monoisotopic (exact) mass is 292 g/mol. The van der Waals surface area contributed by atoms with E-state index in [1.165, 1.54) is 6.07 Å². The number of H-pyrrole nitrogens is 1. The Morgan fingerprint density at radius 2 is 2.14 bits per heavy atom. The number of hydrogen-bond donors (Lipinski definition) is 2. The minimum Gasteiger partial charge on any atom is -0.294 e. The van der Waals surface area contributed by atoms with Crippen LogP contribution in [-0.2, 0) is 4.79 Å². The summed E-state index contributed by atoms with van der Waals surface area (Å²) in [5, 5.41) is 9.42. The zero-order valence-corrected chi connectivity index (χ0v) is 10.6. The molecule has 0 unspecified atom stereocenters. The van der Waals surface area contributed by atoms with Gasteiger partial charge in [-0.2, -0.15) is 0 Å². The van der Waals surface area contributed by atoms with Gasteiger partial charge in [-0.05, 0) is 30.0 Å². The fourth-order valence-electron chi connectivity index (χ4n) is 2.17. The number of hydrogen-bond acceptors (Lipinski definition) is 4. The van der Waals surface area contributed by atoms with Gasteiger partial charge >= 0.3 is 0 Å². The highest BCUT2D eigenvalue weighted by Gasteiger charge is 2.44. The van der Waals surface area contributed by atoms with Crippen molar-refractivity contribution in [3.8, 4) is 0 Å². The second-order valence-electron chi connectivity index (χ2n) is 4.79. The van der Waals surface area contributed by atoms with E-state index in [1.807, 2.05) is 0 Å². The Morgan fingerprint density at radius 3 is 2.86 bits per heavy atom. The minimum absolute atomic E-state index is 0.0385. The van der Waals surface area contributed by atoms with Crippen LogP contribution in [-0.4, -0.2) is 21.1 Å². The molecule has 2 N–H and O–H groups in total. The first-order valence-corrected chi connectivity index (χ1v) is 6.22. The van der Waals surface area contributed by atoms with E-state index in [2.05, 4.69) is 20.5 Å². The molecule has 21 heavy (non-hydrogen) atoms. The molecule has 0 saturated heterocycles. The van der Waals surface area contributed by atoms with Crippen LogP contribution in [0.3, 0.4) is 0 Å². The van der Waals surface area contributed by atoms with Crippen LogP contribution in [0.1, 0.15) is 17.9 Å². The van der Waals surface area contributed by atoms with E-state index in [0.717, 1.165) is 18.3 Å². The lowest BCUT2D eigenvalue weighted by atomic mass is 10.1. The largest absolute Gasteiger partial charge is 0.294 e. The third-order valence-electron chi connectivity index (χ3n) is 3.31. The van der Waals surface area contributed by atoms with E-state index >= 15 is 0 Å². The average molecular weight is 292 g/mol. The second-order valence-corrected chi connectivity index (χ2v) is 4.79. The van der Waals surface area contributed by atoms with Crippen LogP contribution in [0.25, 0.3) is 0 Å². The van der Waals surface area contributed by atoms with Crippen LogP contribution >= 0.6 is 0 Å². The summed E-state index contributed by atoms with van der Waals surface area (Å²) in [6.45, 7) is 0.